The molecule has 1 aliphatic heterocycles. The van der Waals surface area contributed by atoms with Gasteiger partial charge in [-0.1, -0.05) is 0 Å². The van der Waals surface area contributed by atoms with Crippen molar-refractivity contribution >= 4 is 18.3 Å². The van der Waals surface area contributed by atoms with Crippen LogP contribution >= 0.6 is 12.4 Å². The molecule has 4 nitrogen and oxygen atoms in total. The third-order valence-electron chi connectivity index (χ3n) is 3.11. The fraction of sp³-hybridized carbons (Fsp3) is 0.909. The van der Waals surface area contributed by atoms with Crippen LogP contribution in [0, 0.1) is 0 Å². The van der Waals surface area contributed by atoms with Gasteiger partial charge in [0.05, 0.1) is 6.54 Å². The number of nitrogens with one attached hydrogen (secondary N) is 1. The Hall–Kier alpha value is -0.530. The third kappa shape index (κ3) is 6.98. The van der Waals surface area contributed by atoms with E-state index in [9.17, 15) is 18.0 Å². The van der Waals surface area contributed by atoms with Gasteiger partial charge in [0, 0.05) is 19.6 Å². The largest absolute Gasteiger partial charge is 0.406 e. The lowest BCUT2D eigenvalue weighted by Gasteiger charge is -2.33. The summed E-state index contributed by atoms with van der Waals surface area (Å²) in [5.41, 5.74) is 0. The van der Waals surface area contributed by atoms with E-state index in [4.69, 9.17) is 0 Å². The minimum Gasteiger partial charge on any atom is -0.336 e. The van der Waals surface area contributed by atoms with E-state index >= 15 is 0 Å². The summed E-state index contributed by atoms with van der Waals surface area (Å²) in [6.45, 7) is 0.353. The van der Waals surface area contributed by atoms with Crippen molar-refractivity contribution in [3.05, 3.63) is 0 Å². The molecule has 0 aliphatic carbocycles. The zero-order chi connectivity index (χ0) is 13.8. The number of hydrogen-bond acceptors (Lipinski definition) is 3. The Morgan fingerprint density at radius 3 is 2.63 bits per heavy atom. The van der Waals surface area contributed by atoms with Gasteiger partial charge in [-0.2, -0.15) is 13.2 Å². The zero-order valence-electron chi connectivity index (χ0n) is 11.2. The topological polar surface area (TPSA) is 35.6 Å². The van der Waals surface area contributed by atoms with Crippen LogP contribution in [0.3, 0.4) is 0 Å². The first kappa shape index (κ1) is 18.5. The second-order valence-electron chi connectivity index (χ2n) is 4.73. The molecule has 0 saturated carbocycles. The van der Waals surface area contributed by atoms with E-state index in [0.717, 1.165) is 24.3 Å². The van der Waals surface area contributed by atoms with Crippen molar-refractivity contribution in [3.63, 3.8) is 0 Å². The molecule has 8 heteroatoms. The molecule has 1 aliphatic rings. The second-order valence-corrected chi connectivity index (χ2v) is 4.73. The van der Waals surface area contributed by atoms with Gasteiger partial charge in [0.25, 0.3) is 0 Å². The Morgan fingerprint density at radius 2 is 2.11 bits per heavy atom. The van der Waals surface area contributed by atoms with Crippen LogP contribution in [0.25, 0.3) is 0 Å². The quantitative estimate of drug-likeness (QED) is 0.845. The number of amides is 1. The highest BCUT2D eigenvalue weighted by molar-refractivity contribution is 5.85. The number of carbonyl (C=O) groups is 1. The summed E-state index contributed by atoms with van der Waals surface area (Å²) in [5, 5.41) is 3.13. The van der Waals surface area contributed by atoms with E-state index < -0.39 is 18.6 Å². The maximum atomic E-state index is 12.1. The van der Waals surface area contributed by atoms with E-state index in [0.29, 0.717) is 12.6 Å². The molecule has 1 rings (SSSR count). The maximum Gasteiger partial charge on any atom is 0.406 e. The Kier molecular flexibility index (Phi) is 7.69. The van der Waals surface area contributed by atoms with Crippen LogP contribution in [-0.2, 0) is 4.79 Å². The number of likely N-dealkylation sites (tertiary alicyclic amines) is 1. The number of hydrogen-bond donors (Lipinski definition) is 1. The average molecular weight is 304 g/mol. The second kappa shape index (κ2) is 7.91. The van der Waals surface area contributed by atoms with Gasteiger partial charge in [-0.15, -0.1) is 12.4 Å². The predicted molar refractivity (Wildman–Crippen MR) is 69.5 cm³/mol. The Bertz CT molecular complexity index is 289. The van der Waals surface area contributed by atoms with Gasteiger partial charge in [-0.3, -0.25) is 9.69 Å². The lowest BCUT2D eigenvalue weighted by molar-refractivity contribution is -0.159. The van der Waals surface area contributed by atoms with Crippen LogP contribution in [0.4, 0.5) is 13.2 Å². The van der Waals surface area contributed by atoms with E-state index in [1.54, 1.807) is 0 Å². The number of rotatable bonds is 4. The van der Waals surface area contributed by atoms with Gasteiger partial charge in [-0.25, -0.2) is 0 Å². The highest BCUT2D eigenvalue weighted by Crippen LogP contribution is 2.16. The summed E-state index contributed by atoms with van der Waals surface area (Å²) in [7, 11) is 3.04. The normalized spacial score (nSPS) is 20.8. The highest BCUT2D eigenvalue weighted by atomic mass is 35.5. The number of halogens is 4. The van der Waals surface area contributed by atoms with E-state index in [2.05, 4.69) is 5.32 Å². The van der Waals surface area contributed by atoms with Crippen molar-refractivity contribution in [3.8, 4) is 0 Å². The zero-order valence-corrected chi connectivity index (χ0v) is 12.0. The van der Waals surface area contributed by atoms with Crippen LogP contribution in [0.2, 0.25) is 0 Å². The van der Waals surface area contributed by atoms with Crippen molar-refractivity contribution in [2.75, 3.05) is 40.3 Å². The van der Waals surface area contributed by atoms with Gasteiger partial charge in [-0.05, 0) is 26.4 Å². The van der Waals surface area contributed by atoms with Crippen LogP contribution in [-0.4, -0.2) is 68.2 Å². The molecular formula is C11H21ClF3N3O. The molecule has 1 unspecified atom stereocenters. The molecule has 1 fully saturated rings. The summed E-state index contributed by atoms with van der Waals surface area (Å²) in [5.74, 6) is -0.482. The van der Waals surface area contributed by atoms with Gasteiger partial charge >= 0.3 is 6.18 Å². The van der Waals surface area contributed by atoms with Crippen LogP contribution in [0.15, 0.2) is 0 Å². The SMILES string of the molecule is CNC1CCCN(CC(=O)N(C)CC(F)(F)F)C1.Cl. The molecule has 0 bridgehead atoms. The smallest absolute Gasteiger partial charge is 0.336 e. The lowest BCUT2D eigenvalue weighted by atomic mass is 10.1. The summed E-state index contributed by atoms with van der Waals surface area (Å²) >= 11 is 0. The molecule has 0 spiro atoms. The first-order chi connectivity index (χ1) is 8.31. The molecule has 1 amide bonds. The average Bonchev–Trinajstić information content (AvgIpc) is 2.27. The lowest BCUT2D eigenvalue weighted by Crippen LogP contribution is -2.49. The standard InChI is InChI=1S/C11H20F3N3O.ClH/c1-15-9-4-3-5-17(6-9)7-10(18)16(2)8-11(12,13)14;/h9,15H,3-8H2,1-2H3;1H. The minimum atomic E-state index is -4.33. The van der Waals surface area contributed by atoms with Crippen molar-refractivity contribution in [1.29, 1.82) is 0 Å². The molecule has 0 radical (unpaired) electrons. The molecule has 1 N–H and O–H groups in total. The van der Waals surface area contributed by atoms with Gasteiger partial charge in [0.15, 0.2) is 0 Å². The number of piperidine rings is 1. The summed E-state index contributed by atoms with van der Waals surface area (Å²) < 4.78 is 36.4. The Balaban J connectivity index is 0.00000324. The molecule has 19 heavy (non-hydrogen) atoms. The van der Waals surface area contributed by atoms with Gasteiger partial charge in [0.2, 0.25) is 5.91 Å². The van der Waals surface area contributed by atoms with Crippen molar-refractivity contribution < 1.29 is 18.0 Å². The maximum absolute atomic E-state index is 12.1. The number of likely N-dealkylation sites (N-methyl/N-ethyl adjacent to an activating group) is 2. The fourth-order valence-corrected chi connectivity index (χ4v) is 2.10. The Labute approximate surface area is 117 Å². The third-order valence-corrected chi connectivity index (χ3v) is 3.11. The minimum absolute atomic E-state index is 0. The van der Waals surface area contributed by atoms with Crippen molar-refractivity contribution in [2.24, 2.45) is 0 Å². The van der Waals surface area contributed by atoms with Crippen molar-refractivity contribution in [1.82, 2.24) is 15.1 Å². The van der Waals surface area contributed by atoms with Crippen LogP contribution < -0.4 is 5.32 Å². The summed E-state index contributed by atoms with van der Waals surface area (Å²) in [6, 6.07) is 0.319. The number of carbonyl (C=O) groups excluding carboxylic acids is 1. The molecule has 0 aromatic rings. The van der Waals surface area contributed by atoms with E-state index in [-0.39, 0.29) is 19.0 Å². The number of nitrogens with zero attached hydrogens (tertiary/aromatic N) is 2. The predicted octanol–water partition coefficient (Wildman–Crippen LogP) is 1.11. The molecule has 114 valence electrons. The first-order valence-electron chi connectivity index (χ1n) is 6.02. The number of alkyl halides is 3. The van der Waals surface area contributed by atoms with Gasteiger partial charge < -0.3 is 10.2 Å². The molecule has 0 aromatic heterocycles. The monoisotopic (exact) mass is 303 g/mol. The molecule has 0 aromatic carbocycles. The van der Waals surface area contributed by atoms with Crippen LogP contribution in [0.1, 0.15) is 12.8 Å². The Morgan fingerprint density at radius 1 is 1.47 bits per heavy atom. The fourth-order valence-electron chi connectivity index (χ4n) is 2.10. The highest BCUT2D eigenvalue weighted by Gasteiger charge is 2.32. The molecule has 1 saturated heterocycles. The summed E-state index contributed by atoms with van der Waals surface area (Å²) in [6.07, 6.45) is -2.33. The van der Waals surface area contributed by atoms with Crippen LogP contribution in [0.5, 0.6) is 0 Å². The molecule has 1 heterocycles. The first-order valence-corrected chi connectivity index (χ1v) is 6.02. The van der Waals surface area contributed by atoms with Gasteiger partial charge in [0.1, 0.15) is 6.54 Å². The van der Waals surface area contributed by atoms with Crippen molar-refractivity contribution in [2.45, 2.75) is 25.1 Å². The molecular weight excluding hydrogens is 283 g/mol. The summed E-state index contributed by atoms with van der Waals surface area (Å²) in [4.78, 5) is 14.3. The molecule has 1 atom stereocenters. The van der Waals surface area contributed by atoms with E-state index in [1.165, 1.54) is 7.05 Å². The van der Waals surface area contributed by atoms with E-state index in [1.807, 2.05) is 11.9 Å².